The van der Waals surface area contributed by atoms with Gasteiger partial charge in [0, 0.05) is 51.5 Å². The van der Waals surface area contributed by atoms with Gasteiger partial charge in [-0.05, 0) is 31.6 Å². The molecule has 3 rings (SSSR count). The number of rotatable bonds is 7. The maximum absolute atomic E-state index is 12.8. The maximum atomic E-state index is 12.8. The normalized spacial score (nSPS) is 27.7. The van der Waals surface area contributed by atoms with E-state index in [9.17, 15) is 14.4 Å². The molecule has 0 saturated carbocycles. The topological polar surface area (TPSA) is 94.2 Å². The standard InChI is InChI=1S/C23H39N5O4/c1-5-18-21(22(30)32-6-2)19(25-23(31)24-18)14-26-7-9-27(10-8-26)15-20(29)28-12-16(3)11-17(4)13-28/h16-18H,5-15H2,1-4H3,(H2,24,25,31). The van der Waals surface area contributed by atoms with Crippen LogP contribution in [0.1, 0.15) is 40.5 Å². The molecule has 0 bridgehead atoms. The van der Waals surface area contributed by atoms with E-state index in [4.69, 9.17) is 4.74 Å². The van der Waals surface area contributed by atoms with Gasteiger partial charge in [0.05, 0.1) is 24.8 Å². The molecule has 0 radical (unpaired) electrons. The van der Waals surface area contributed by atoms with Crippen molar-refractivity contribution in [2.45, 2.75) is 46.6 Å². The molecule has 2 saturated heterocycles. The van der Waals surface area contributed by atoms with Crippen molar-refractivity contribution < 1.29 is 19.1 Å². The first-order valence-corrected chi connectivity index (χ1v) is 12.0. The van der Waals surface area contributed by atoms with Crippen LogP contribution in [0.4, 0.5) is 4.79 Å². The van der Waals surface area contributed by atoms with Crippen LogP contribution in [-0.2, 0) is 14.3 Å². The van der Waals surface area contributed by atoms with Gasteiger partial charge < -0.3 is 20.3 Å². The molecule has 0 aliphatic carbocycles. The van der Waals surface area contributed by atoms with Gasteiger partial charge >= 0.3 is 12.0 Å². The van der Waals surface area contributed by atoms with Gasteiger partial charge in [0.25, 0.3) is 0 Å². The first-order chi connectivity index (χ1) is 15.3. The molecule has 0 aromatic rings. The number of urea groups is 1. The van der Waals surface area contributed by atoms with E-state index in [1.54, 1.807) is 6.92 Å². The lowest BCUT2D eigenvalue weighted by molar-refractivity contribution is -0.139. The highest BCUT2D eigenvalue weighted by atomic mass is 16.5. The molecule has 2 N–H and O–H groups in total. The Morgan fingerprint density at radius 2 is 1.66 bits per heavy atom. The van der Waals surface area contributed by atoms with E-state index in [2.05, 4.69) is 34.3 Å². The number of amides is 3. The summed E-state index contributed by atoms with van der Waals surface area (Å²) < 4.78 is 5.24. The first kappa shape index (κ1) is 24.5. The summed E-state index contributed by atoms with van der Waals surface area (Å²) in [5.41, 5.74) is 1.14. The van der Waals surface area contributed by atoms with Crippen molar-refractivity contribution in [1.29, 1.82) is 0 Å². The predicted molar refractivity (Wildman–Crippen MR) is 122 cm³/mol. The molecule has 0 aromatic heterocycles. The summed E-state index contributed by atoms with van der Waals surface area (Å²) in [7, 11) is 0. The number of nitrogens with one attached hydrogen (secondary N) is 2. The van der Waals surface area contributed by atoms with Crippen LogP contribution in [0.5, 0.6) is 0 Å². The van der Waals surface area contributed by atoms with Gasteiger partial charge in [-0.3, -0.25) is 14.6 Å². The Labute approximate surface area is 191 Å². The number of hydrogen-bond acceptors (Lipinski definition) is 6. The van der Waals surface area contributed by atoms with Crippen molar-refractivity contribution in [3.63, 3.8) is 0 Å². The zero-order valence-electron chi connectivity index (χ0n) is 20.0. The number of ether oxygens (including phenoxy) is 1. The number of piperazine rings is 1. The highest BCUT2D eigenvalue weighted by Crippen LogP contribution is 2.22. The van der Waals surface area contributed by atoms with Crippen LogP contribution in [-0.4, -0.2) is 97.6 Å². The largest absolute Gasteiger partial charge is 0.463 e. The fraction of sp³-hybridized carbons (Fsp3) is 0.783. The molecule has 3 amide bonds. The third-order valence-corrected chi connectivity index (χ3v) is 6.57. The summed E-state index contributed by atoms with van der Waals surface area (Å²) in [5.74, 6) is 0.971. The molecule has 3 atom stereocenters. The van der Waals surface area contributed by atoms with Crippen LogP contribution in [0.2, 0.25) is 0 Å². The van der Waals surface area contributed by atoms with E-state index in [0.29, 0.717) is 49.2 Å². The third-order valence-electron chi connectivity index (χ3n) is 6.57. The summed E-state index contributed by atoms with van der Waals surface area (Å²) in [6.45, 7) is 14.2. The summed E-state index contributed by atoms with van der Waals surface area (Å²) in [6.07, 6.45) is 1.81. The fourth-order valence-corrected chi connectivity index (χ4v) is 5.07. The molecule has 3 aliphatic rings. The van der Waals surface area contributed by atoms with E-state index in [-0.39, 0.29) is 23.9 Å². The smallest absolute Gasteiger partial charge is 0.337 e. The summed E-state index contributed by atoms with van der Waals surface area (Å²) in [6, 6.07) is -0.625. The zero-order valence-corrected chi connectivity index (χ0v) is 20.0. The molecule has 3 heterocycles. The Morgan fingerprint density at radius 3 is 2.25 bits per heavy atom. The van der Waals surface area contributed by atoms with Crippen LogP contribution in [0, 0.1) is 11.8 Å². The number of hydrogen-bond donors (Lipinski definition) is 2. The Hall–Kier alpha value is -2.13. The van der Waals surface area contributed by atoms with Crippen molar-refractivity contribution in [3.05, 3.63) is 11.3 Å². The van der Waals surface area contributed by atoms with E-state index in [1.807, 2.05) is 11.8 Å². The van der Waals surface area contributed by atoms with Crippen LogP contribution in [0.25, 0.3) is 0 Å². The lowest BCUT2D eigenvalue weighted by Gasteiger charge is -2.39. The quantitative estimate of drug-likeness (QED) is 0.564. The van der Waals surface area contributed by atoms with Gasteiger partial charge in [0.1, 0.15) is 0 Å². The van der Waals surface area contributed by atoms with Crippen molar-refractivity contribution in [2.24, 2.45) is 11.8 Å². The van der Waals surface area contributed by atoms with E-state index in [0.717, 1.165) is 39.3 Å². The average molecular weight is 450 g/mol. The van der Waals surface area contributed by atoms with Crippen molar-refractivity contribution in [1.82, 2.24) is 25.3 Å². The molecule has 3 aliphatic heterocycles. The van der Waals surface area contributed by atoms with E-state index in [1.165, 1.54) is 6.42 Å². The third kappa shape index (κ3) is 6.22. The lowest BCUT2D eigenvalue weighted by Crippen LogP contribution is -2.55. The van der Waals surface area contributed by atoms with Crippen LogP contribution in [0.15, 0.2) is 11.3 Å². The second-order valence-electron chi connectivity index (χ2n) is 9.47. The molecule has 9 nitrogen and oxygen atoms in total. The monoisotopic (exact) mass is 449 g/mol. The number of likely N-dealkylation sites (tertiary alicyclic amines) is 1. The minimum atomic E-state index is -0.379. The van der Waals surface area contributed by atoms with Gasteiger partial charge in [0.15, 0.2) is 0 Å². The molecule has 0 spiro atoms. The lowest BCUT2D eigenvalue weighted by atomic mass is 9.92. The Balaban J connectivity index is 1.56. The number of carbonyl (C=O) groups is 3. The van der Waals surface area contributed by atoms with Gasteiger partial charge in [0.2, 0.25) is 5.91 Å². The summed E-state index contributed by atoms with van der Waals surface area (Å²) in [5, 5.41) is 5.64. The van der Waals surface area contributed by atoms with Gasteiger partial charge in [-0.25, -0.2) is 9.59 Å². The summed E-state index contributed by atoms with van der Waals surface area (Å²) >= 11 is 0. The van der Waals surface area contributed by atoms with Gasteiger partial charge in [-0.2, -0.15) is 0 Å². The molecule has 32 heavy (non-hydrogen) atoms. The zero-order chi connectivity index (χ0) is 23.3. The van der Waals surface area contributed by atoms with Gasteiger partial charge in [-0.15, -0.1) is 0 Å². The van der Waals surface area contributed by atoms with Crippen LogP contribution < -0.4 is 10.6 Å². The molecular formula is C23H39N5O4. The first-order valence-electron chi connectivity index (χ1n) is 12.0. The average Bonchev–Trinajstić information content (AvgIpc) is 2.74. The summed E-state index contributed by atoms with van der Waals surface area (Å²) in [4.78, 5) is 43.9. The van der Waals surface area contributed by atoms with Crippen molar-refractivity contribution in [3.8, 4) is 0 Å². The number of esters is 1. The van der Waals surface area contributed by atoms with Crippen LogP contribution in [0.3, 0.4) is 0 Å². The highest BCUT2D eigenvalue weighted by Gasteiger charge is 2.33. The second-order valence-corrected chi connectivity index (χ2v) is 9.47. The number of piperidine rings is 1. The van der Waals surface area contributed by atoms with E-state index >= 15 is 0 Å². The van der Waals surface area contributed by atoms with Crippen molar-refractivity contribution in [2.75, 3.05) is 59.0 Å². The van der Waals surface area contributed by atoms with Crippen molar-refractivity contribution >= 4 is 17.9 Å². The Kier molecular flexibility index (Phi) is 8.53. The predicted octanol–water partition coefficient (Wildman–Crippen LogP) is 1.02. The molecular weight excluding hydrogens is 410 g/mol. The van der Waals surface area contributed by atoms with Gasteiger partial charge in [-0.1, -0.05) is 20.8 Å². The molecule has 0 aromatic carbocycles. The van der Waals surface area contributed by atoms with Crippen LogP contribution >= 0.6 is 0 Å². The fourth-order valence-electron chi connectivity index (χ4n) is 5.07. The molecule has 180 valence electrons. The Morgan fingerprint density at radius 1 is 1.03 bits per heavy atom. The highest BCUT2D eigenvalue weighted by molar-refractivity contribution is 5.94. The maximum Gasteiger partial charge on any atom is 0.337 e. The molecule has 3 unspecified atom stereocenters. The minimum absolute atomic E-state index is 0.223. The van der Waals surface area contributed by atoms with E-state index < -0.39 is 0 Å². The molecule has 2 fully saturated rings. The SMILES string of the molecule is CCOC(=O)C1=C(CN2CCN(CC(=O)N3CC(C)CC(C)C3)CC2)NC(=O)NC1CC. The Bertz CT molecular complexity index is 722. The number of carbonyl (C=O) groups excluding carboxylic acids is 3. The second kappa shape index (κ2) is 11.1. The minimum Gasteiger partial charge on any atom is -0.463 e. The number of nitrogens with zero attached hydrogens (tertiary/aromatic N) is 3. The molecule has 9 heteroatoms.